The first kappa shape index (κ1) is 20.2. The lowest BCUT2D eigenvalue weighted by molar-refractivity contribution is 0.301. The van der Waals surface area contributed by atoms with Crippen LogP contribution in [0.4, 0.5) is 0 Å². The Morgan fingerprint density at radius 2 is 2.00 bits per heavy atom. The zero-order valence-corrected chi connectivity index (χ0v) is 17.4. The molecule has 158 valence electrons. The number of hydrogen-bond acceptors (Lipinski definition) is 8. The number of hydrogen-bond donors (Lipinski definition) is 2. The first-order valence-corrected chi connectivity index (χ1v) is 9.55. The van der Waals surface area contributed by atoms with Crippen LogP contribution in [0.2, 0.25) is 0 Å². The largest absolute Gasteiger partial charge is 0.418 e. The van der Waals surface area contributed by atoms with E-state index in [9.17, 15) is 4.79 Å². The Morgan fingerprint density at radius 1 is 1.20 bits per heavy atom. The van der Waals surface area contributed by atoms with Gasteiger partial charge in [0.05, 0.1) is 11.9 Å². The molecule has 1 saturated heterocycles. The number of halogens is 1. The Kier molecular flexibility index (Phi) is 5.16. The molecular weight excluding hydrogens is 410 g/mol. The van der Waals surface area contributed by atoms with Crippen LogP contribution >= 0.6 is 12.4 Å². The molecule has 0 aromatic carbocycles. The first-order valence-electron chi connectivity index (χ1n) is 9.55. The van der Waals surface area contributed by atoms with Crippen LogP contribution in [0.3, 0.4) is 0 Å². The van der Waals surface area contributed by atoms with Gasteiger partial charge in [-0.25, -0.2) is 14.2 Å². The number of H-pyrrole nitrogens is 1. The molecule has 0 unspecified atom stereocenters. The van der Waals surface area contributed by atoms with Gasteiger partial charge in [-0.05, 0) is 39.8 Å². The molecule has 0 amide bonds. The van der Waals surface area contributed by atoms with E-state index >= 15 is 0 Å². The fraction of sp³-hybridized carbons (Fsp3) is 0.444. The molecule has 0 radical (unpaired) electrons. The number of nitrogens with one attached hydrogen (secondary N) is 2. The van der Waals surface area contributed by atoms with Crippen molar-refractivity contribution >= 4 is 18.1 Å². The van der Waals surface area contributed by atoms with Gasteiger partial charge >= 0.3 is 0 Å². The zero-order valence-electron chi connectivity index (χ0n) is 16.6. The van der Waals surface area contributed by atoms with Crippen molar-refractivity contribution < 1.29 is 4.42 Å². The summed E-state index contributed by atoms with van der Waals surface area (Å²) in [6.45, 7) is 5.67. The van der Waals surface area contributed by atoms with Crippen molar-refractivity contribution in [3.05, 3.63) is 46.9 Å². The molecule has 0 bridgehead atoms. The van der Waals surface area contributed by atoms with Crippen LogP contribution in [0.25, 0.3) is 17.1 Å². The second kappa shape index (κ2) is 7.65. The Labute approximate surface area is 177 Å². The maximum atomic E-state index is 12.4. The molecular formula is C18H22ClN9O2. The van der Waals surface area contributed by atoms with Crippen molar-refractivity contribution in [1.29, 1.82) is 0 Å². The number of piperidine rings is 1. The highest BCUT2D eigenvalue weighted by molar-refractivity contribution is 5.85. The van der Waals surface area contributed by atoms with Gasteiger partial charge in [-0.2, -0.15) is 10.2 Å². The standard InChI is InChI=1S/C18H21N9O2.ClH/c1-18(2,26-10-20-9-22-26)17-25-24-16(29-17)12-8-21-27-13(7-14(28)23-15(12)27)11-3-5-19-6-4-11;/h7-11,19H,3-6H2,1-2H3,(H,23,28);1H. The predicted molar refractivity (Wildman–Crippen MR) is 110 cm³/mol. The lowest BCUT2D eigenvalue weighted by atomic mass is 9.94. The van der Waals surface area contributed by atoms with Gasteiger partial charge in [0.1, 0.15) is 29.4 Å². The molecule has 5 rings (SSSR count). The van der Waals surface area contributed by atoms with Crippen molar-refractivity contribution in [3.8, 4) is 11.5 Å². The SMILES string of the molecule is CC(C)(c1nnc(-c2cnn3c(C4CCNCC4)cc(=O)[nH]c23)o1)n1cncn1.Cl. The Hall–Kier alpha value is -3.05. The van der Waals surface area contributed by atoms with E-state index in [1.165, 1.54) is 6.33 Å². The van der Waals surface area contributed by atoms with Gasteiger partial charge in [-0.3, -0.25) is 4.79 Å². The van der Waals surface area contributed by atoms with Gasteiger partial charge in [0.25, 0.3) is 11.4 Å². The maximum Gasteiger partial charge on any atom is 0.253 e. The highest BCUT2D eigenvalue weighted by Crippen LogP contribution is 2.30. The number of rotatable bonds is 4. The third-order valence-electron chi connectivity index (χ3n) is 5.46. The molecule has 0 spiro atoms. The lowest BCUT2D eigenvalue weighted by Crippen LogP contribution is -2.28. The summed E-state index contributed by atoms with van der Waals surface area (Å²) in [6, 6.07) is 1.63. The summed E-state index contributed by atoms with van der Waals surface area (Å²) in [5.41, 5.74) is 1.21. The molecule has 5 heterocycles. The van der Waals surface area contributed by atoms with Crippen molar-refractivity contribution in [2.24, 2.45) is 0 Å². The van der Waals surface area contributed by atoms with Gasteiger partial charge in [-0.15, -0.1) is 22.6 Å². The van der Waals surface area contributed by atoms with Crippen molar-refractivity contribution in [2.45, 2.75) is 38.1 Å². The van der Waals surface area contributed by atoms with E-state index in [-0.39, 0.29) is 23.9 Å². The monoisotopic (exact) mass is 431 g/mol. The van der Waals surface area contributed by atoms with Gasteiger partial charge in [0.2, 0.25) is 5.89 Å². The smallest absolute Gasteiger partial charge is 0.253 e. The minimum Gasteiger partial charge on any atom is -0.418 e. The van der Waals surface area contributed by atoms with E-state index in [0.29, 0.717) is 23.0 Å². The first-order chi connectivity index (χ1) is 14.0. The summed E-state index contributed by atoms with van der Waals surface area (Å²) in [6.07, 6.45) is 6.63. The molecule has 12 heteroatoms. The molecule has 30 heavy (non-hydrogen) atoms. The zero-order chi connectivity index (χ0) is 20.0. The van der Waals surface area contributed by atoms with Crippen LogP contribution < -0.4 is 10.9 Å². The Balaban J connectivity index is 0.00000218. The molecule has 4 aromatic heterocycles. The topological polar surface area (TPSA) is 132 Å². The summed E-state index contributed by atoms with van der Waals surface area (Å²) in [5, 5.41) is 20.4. The minimum absolute atomic E-state index is 0. The van der Waals surface area contributed by atoms with Crippen LogP contribution in [0.1, 0.15) is 44.2 Å². The van der Waals surface area contributed by atoms with E-state index in [4.69, 9.17) is 4.42 Å². The van der Waals surface area contributed by atoms with Crippen LogP contribution in [0.5, 0.6) is 0 Å². The van der Waals surface area contributed by atoms with E-state index in [1.807, 2.05) is 13.8 Å². The maximum absolute atomic E-state index is 12.4. The third-order valence-corrected chi connectivity index (χ3v) is 5.46. The second-order valence-corrected chi connectivity index (χ2v) is 7.71. The number of aromatic nitrogens is 8. The van der Waals surface area contributed by atoms with Crippen LogP contribution in [0, 0.1) is 0 Å². The number of aromatic amines is 1. The van der Waals surface area contributed by atoms with Crippen molar-refractivity contribution in [2.75, 3.05) is 13.1 Å². The fourth-order valence-corrected chi connectivity index (χ4v) is 3.75. The molecule has 0 atom stereocenters. The summed E-state index contributed by atoms with van der Waals surface area (Å²) in [5.74, 6) is 0.953. The molecule has 1 fully saturated rings. The van der Waals surface area contributed by atoms with E-state index in [2.05, 4.69) is 35.7 Å². The lowest BCUT2D eigenvalue weighted by Gasteiger charge is -2.23. The normalized spacial score (nSPS) is 15.4. The molecule has 4 aromatic rings. The highest BCUT2D eigenvalue weighted by atomic mass is 35.5. The van der Waals surface area contributed by atoms with Crippen LogP contribution in [-0.4, -0.2) is 52.6 Å². The number of nitrogens with zero attached hydrogens (tertiary/aromatic N) is 7. The summed E-state index contributed by atoms with van der Waals surface area (Å²) >= 11 is 0. The quantitative estimate of drug-likeness (QED) is 0.494. The average molecular weight is 432 g/mol. The van der Waals surface area contributed by atoms with Crippen molar-refractivity contribution in [1.82, 2.24) is 44.9 Å². The average Bonchev–Trinajstić information content (AvgIpc) is 3.47. The highest BCUT2D eigenvalue weighted by Gasteiger charge is 2.31. The van der Waals surface area contributed by atoms with Gasteiger partial charge in [0, 0.05) is 12.0 Å². The van der Waals surface area contributed by atoms with Gasteiger partial charge < -0.3 is 14.7 Å². The van der Waals surface area contributed by atoms with Gasteiger partial charge in [0.15, 0.2) is 0 Å². The molecule has 2 N–H and O–H groups in total. The van der Waals surface area contributed by atoms with Crippen LogP contribution in [-0.2, 0) is 5.54 Å². The Morgan fingerprint density at radius 3 is 2.73 bits per heavy atom. The van der Waals surface area contributed by atoms with Gasteiger partial charge in [-0.1, -0.05) is 0 Å². The second-order valence-electron chi connectivity index (χ2n) is 7.71. The number of fused-ring (bicyclic) bond motifs is 1. The molecule has 1 aliphatic heterocycles. The fourth-order valence-electron chi connectivity index (χ4n) is 3.75. The van der Waals surface area contributed by atoms with Crippen molar-refractivity contribution in [3.63, 3.8) is 0 Å². The van der Waals surface area contributed by atoms with Crippen LogP contribution in [0.15, 0.2) is 34.1 Å². The van der Waals surface area contributed by atoms with E-state index in [0.717, 1.165) is 31.6 Å². The minimum atomic E-state index is -0.668. The molecule has 1 aliphatic rings. The van der Waals surface area contributed by atoms with E-state index in [1.54, 1.807) is 27.8 Å². The summed E-state index contributed by atoms with van der Waals surface area (Å²) in [4.78, 5) is 19.2. The predicted octanol–water partition coefficient (Wildman–Crippen LogP) is 1.34. The molecule has 0 saturated carbocycles. The molecule has 0 aliphatic carbocycles. The summed E-state index contributed by atoms with van der Waals surface area (Å²) in [7, 11) is 0. The van der Waals surface area contributed by atoms with E-state index < -0.39 is 5.54 Å². The summed E-state index contributed by atoms with van der Waals surface area (Å²) < 4.78 is 9.38. The Bertz CT molecular complexity index is 1200. The third kappa shape index (κ3) is 3.29. The molecule has 11 nitrogen and oxygen atoms in total.